The van der Waals surface area contributed by atoms with Gasteiger partial charge in [-0.15, -0.1) is 10.2 Å². The van der Waals surface area contributed by atoms with Crippen LogP contribution in [0.2, 0.25) is 0 Å². The molecule has 156 valence electrons. The predicted molar refractivity (Wildman–Crippen MR) is 127 cm³/mol. The quantitative estimate of drug-likeness (QED) is 0.363. The van der Waals surface area contributed by atoms with Gasteiger partial charge in [-0.3, -0.25) is 4.79 Å². The molecule has 0 spiro atoms. The van der Waals surface area contributed by atoms with Crippen molar-refractivity contribution in [1.29, 1.82) is 0 Å². The van der Waals surface area contributed by atoms with Crippen molar-refractivity contribution >= 4 is 66.4 Å². The fourth-order valence-electron chi connectivity index (χ4n) is 3.62. The maximum absolute atomic E-state index is 12.9. The third-order valence-corrected chi connectivity index (χ3v) is 7.27. The fraction of sp³-hybridized carbons (Fsp3) is 0.227. The number of thioether (sulfide) groups is 1. The Hall–Kier alpha value is -3.04. The zero-order valence-corrected chi connectivity index (χ0v) is 18.7. The van der Waals surface area contributed by atoms with Crippen LogP contribution in [0.3, 0.4) is 0 Å². The maximum Gasteiger partial charge on any atom is 0.239 e. The number of anilines is 1. The third-order valence-electron chi connectivity index (χ3n) is 5.11. The maximum atomic E-state index is 12.9. The molecule has 0 radical (unpaired) electrons. The van der Waals surface area contributed by atoms with Crippen molar-refractivity contribution in [2.45, 2.75) is 37.2 Å². The lowest BCUT2D eigenvalue weighted by molar-refractivity contribution is -0.115. The first-order valence-electron chi connectivity index (χ1n) is 10.1. The average molecular weight is 449 g/mol. The average Bonchev–Trinajstić information content (AvgIpc) is 3.34. The van der Waals surface area contributed by atoms with Crippen molar-refractivity contribution in [1.82, 2.24) is 24.7 Å². The van der Waals surface area contributed by atoms with Gasteiger partial charge in [0.2, 0.25) is 11.1 Å². The largest absolute Gasteiger partial charge is 0.324 e. The van der Waals surface area contributed by atoms with Gasteiger partial charge in [-0.2, -0.15) is 0 Å². The lowest BCUT2D eigenvalue weighted by atomic mass is 10.2. The number of hydrogen-bond acceptors (Lipinski definition) is 7. The summed E-state index contributed by atoms with van der Waals surface area (Å²) in [7, 11) is 0. The summed E-state index contributed by atoms with van der Waals surface area (Å²) in [5, 5.41) is 13.5. The van der Waals surface area contributed by atoms with E-state index in [0.717, 1.165) is 38.8 Å². The molecular formula is C22H20N6OS2. The highest BCUT2D eigenvalue weighted by Crippen LogP contribution is 2.30. The number of para-hydroxylation sites is 2. The molecule has 0 aliphatic carbocycles. The Bertz CT molecular complexity index is 1380. The molecule has 1 atom stereocenters. The number of fused-ring (bicyclic) bond motifs is 4. The van der Waals surface area contributed by atoms with Gasteiger partial charge >= 0.3 is 0 Å². The van der Waals surface area contributed by atoms with Crippen LogP contribution in [0, 0.1) is 0 Å². The molecule has 9 heteroatoms. The van der Waals surface area contributed by atoms with Crippen molar-refractivity contribution in [2.75, 3.05) is 5.32 Å². The molecule has 0 aliphatic heterocycles. The molecule has 31 heavy (non-hydrogen) atoms. The molecule has 0 fully saturated rings. The van der Waals surface area contributed by atoms with Crippen LogP contribution in [0.4, 0.5) is 5.13 Å². The van der Waals surface area contributed by atoms with E-state index < -0.39 is 0 Å². The SMILES string of the molecule is CCC(Sc1nnc2c3ccccc3n(CC)c2n1)C(=O)Nc1nc2ccccc2s1. The van der Waals surface area contributed by atoms with Crippen LogP contribution in [-0.2, 0) is 11.3 Å². The number of nitrogens with one attached hydrogen (secondary N) is 1. The van der Waals surface area contributed by atoms with Crippen molar-refractivity contribution in [3.8, 4) is 0 Å². The summed E-state index contributed by atoms with van der Waals surface area (Å²) in [4.78, 5) is 22.2. The van der Waals surface area contributed by atoms with Crippen molar-refractivity contribution < 1.29 is 4.79 Å². The molecule has 5 aromatic rings. The number of aromatic nitrogens is 5. The number of carbonyl (C=O) groups excluding carboxylic acids is 1. The minimum absolute atomic E-state index is 0.105. The normalized spacial score (nSPS) is 12.6. The van der Waals surface area contributed by atoms with Gasteiger partial charge in [-0.05, 0) is 31.5 Å². The zero-order chi connectivity index (χ0) is 21.4. The molecule has 5 rings (SSSR count). The summed E-state index contributed by atoms with van der Waals surface area (Å²) in [6, 6.07) is 15.9. The Balaban J connectivity index is 1.41. The van der Waals surface area contributed by atoms with Crippen LogP contribution in [0.15, 0.2) is 53.7 Å². The van der Waals surface area contributed by atoms with Crippen LogP contribution in [-0.4, -0.2) is 35.9 Å². The van der Waals surface area contributed by atoms with Gasteiger partial charge in [0.25, 0.3) is 0 Å². The summed E-state index contributed by atoms with van der Waals surface area (Å²) in [6.07, 6.45) is 0.638. The predicted octanol–water partition coefficient (Wildman–Crippen LogP) is 5.12. The highest BCUT2D eigenvalue weighted by atomic mass is 32.2. The Labute approximate surface area is 186 Å². The molecule has 3 aromatic heterocycles. The smallest absolute Gasteiger partial charge is 0.239 e. The molecular weight excluding hydrogens is 428 g/mol. The topological polar surface area (TPSA) is 85.6 Å². The number of aryl methyl sites for hydroxylation is 1. The molecule has 1 amide bonds. The van der Waals surface area contributed by atoms with Gasteiger partial charge in [0.1, 0.15) is 5.52 Å². The molecule has 0 saturated carbocycles. The Kier molecular flexibility index (Phi) is 5.29. The molecule has 0 aliphatic rings. The number of amides is 1. The number of rotatable bonds is 6. The van der Waals surface area contributed by atoms with E-state index in [4.69, 9.17) is 4.98 Å². The Morgan fingerprint density at radius 3 is 2.71 bits per heavy atom. The summed E-state index contributed by atoms with van der Waals surface area (Å²) in [5.41, 5.74) is 3.55. The van der Waals surface area contributed by atoms with Gasteiger partial charge in [0.15, 0.2) is 10.8 Å². The van der Waals surface area contributed by atoms with E-state index in [1.54, 1.807) is 0 Å². The van der Waals surface area contributed by atoms with E-state index in [2.05, 4.69) is 38.1 Å². The molecule has 7 nitrogen and oxygen atoms in total. The monoisotopic (exact) mass is 448 g/mol. The van der Waals surface area contributed by atoms with Crippen molar-refractivity contribution in [3.05, 3.63) is 48.5 Å². The zero-order valence-electron chi connectivity index (χ0n) is 17.1. The minimum Gasteiger partial charge on any atom is -0.324 e. The third kappa shape index (κ3) is 3.64. The van der Waals surface area contributed by atoms with E-state index in [1.165, 1.54) is 23.1 Å². The van der Waals surface area contributed by atoms with Gasteiger partial charge < -0.3 is 9.88 Å². The first-order chi connectivity index (χ1) is 15.2. The number of nitrogens with zero attached hydrogens (tertiary/aromatic N) is 5. The lowest BCUT2D eigenvalue weighted by Crippen LogP contribution is -2.24. The van der Waals surface area contributed by atoms with Gasteiger partial charge in [-0.25, -0.2) is 9.97 Å². The number of carbonyl (C=O) groups is 1. The van der Waals surface area contributed by atoms with E-state index in [1.807, 2.05) is 49.4 Å². The molecule has 2 aromatic carbocycles. The summed E-state index contributed by atoms with van der Waals surface area (Å²) in [6.45, 7) is 4.84. The molecule has 1 unspecified atom stereocenters. The number of benzene rings is 2. The second-order valence-corrected chi connectivity index (χ2v) is 9.22. The van der Waals surface area contributed by atoms with Crippen LogP contribution < -0.4 is 5.32 Å². The van der Waals surface area contributed by atoms with Crippen molar-refractivity contribution in [3.63, 3.8) is 0 Å². The highest BCUT2D eigenvalue weighted by Gasteiger charge is 2.22. The van der Waals surface area contributed by atoms with Crippen LogP contribution >= 0.6 is 23.1 Å². The van der Waals surface area contributed by atoms with E-state index in [-0.39, 0.29) is 11.2 Å². The van der Waals surface area contributed by atoms with Gasteiger partial charge in [0.05, 0.1) is 21.0 Å². The number of thiazole rings is 1. The Morgan fingerprint density at radius 1 is 1.10 bits per heavy atom. The summed E-state index contributed by atoms with van der Waals surface area (Å²) >= 11 is 2.80. The first kappa shape index (κ1) is 19.9. The van der Waals surface area contributed by atoms with Gasteiger partial charge in [0, 0.05) is 11.9 Å². The van der Waals surface area contributed by atoms with Crippen molar-refractivity contribution in [2.24, 2.45) is 0 Å². The molecule has 0 saturated heterocycles. The van der Waals surface area contributed by atoms with Crippen LogP contribution in [0.1, 0.15) is 20.3 Å². The van der Waals surface area contributed by atoms with E-state index >= 15 is 0 Å². The van der Waals surface area contributed by atoms with Gasteiger partial charge in [-0.1, -0.05) is 60.4 Å². The first-order valence-corrected chi connectivity index (χ1v) is 11.8. The van der Waals surface area contributed by atoms with E-state index in [9.17, 15) is 4.79 Å². The second-order valence-electron chi connectivity index (χ2n) is 7.02. The molecule has 0 bridgehead atoms. The molecule has 3 heterocycles. The van der Waals surface area contributed by atoms with E-state index in [0.29, 0.717) is 16.7 Å². The fourth-order valence-corrected chi connectivity index (χ4v) is 5.30. The summed E-state index contributed by atoms with van der Waals surface area (Å²) < 4.78 is 3.18. The number of hydrogen-bond donors (Lipinski definition) is 1. The summed E-state index contributed by atoms with van der Waals surface area (Å²) in [5.74, 6) is -0.105. The highest BCUT2D eigenvalue weighted by molar-refractivity contribution is 8.00. The van der Waals surface area contributed by atoms with Crippen LogP contribution in [0.5, 0.6) is 0 Å². The second kappa shape index (κ2) is 8.24. The molecule has 1 N–H and O–H groups in total. The van der Waals surface area contributed by atoms with Crippen LogP contribution in [0.25, 0.3) is 32.3 Å². The lowest BCUT2D eigenvalue weighted by Gasteiger charge is -2.12. The Morgan fingerprint density at radius 2 is 1.90 bits per heavy atom. The minimum atomic E-state index is -0.342. The standard InChI is InChI=1S/C22H20N6OS2/c1-3-16(20(29)25-21-23-14-10-6-8-12-17(14)31-21)30-22-24-19-18(26-27-22)13-9-5-7-11-15(13)28(19)4-2/h5-12,16H,3-4H2,1-2H3,(H,23,25,29).